The van der Waals surface area contributed by atoms with Gasteiger partial charge in [0.25, 0.3) is 5.91 Å². The first-order valence-electron chi connectivity index (χ1n) is 8.19. The Bertz CT molecular complexity index is 783. The lowest BCUT2D eigenvalue weighted by atomic mass is 10.1. The number of carbonyl (C=O) groups excluding carboxylic acids is 2. The number of nitrogens with zero attached hydrogens (tertiary/aromatic N) is 2. The molecule has 3 rings (SSSR count). The van der Waals surface area contributed by atoms with E-state index in [0.29, 0.717) is 30.8 Å². The molecule has 25 heavy (non-hydrogen) atoms. The van der Waals surface area contributed by atoms with Gasteiger partial charge in [-0.05, 0) is 32.4 Å². The predicted octanol–water partition coefficient (Wildman–Crippen LogP) is 2.53. The molecule has 1 aliphatic heterocycles. The van der Waals surface area contributed by atoms with E-state index in [-0.39, 0.29) is 17.7 Å². The maximum Gasteiger partial charge on any atom is 0.255 e. The fraction of sp³-hybridized carbons (Fsp3) is 0.389. The minimum Gasteiger partial charge on any atom is -0.369 e. The number of primary amides is 1. The first kappa shape index (κ1) is 17.5. The van der Waals surface area contributed by atoms with Crippen LogP contribution < -0.4 is 5.73 Å². The maximum atomic E-state index is 12.9. The van der Waals surface area contributed by atoms with Crippen LogP contribution in [0.3, 0.4) is 0 Å². The zero-order chi connectivity index (χ0) is 18.0. The van der Waals surface area contributed by atoms with Crippen LogP contribution in [0, 0.1) is 19.8 Å². The van der Waals surface area contributed by atoms with Gasteiger partial charge in [0, 0.05) is 29.3 Å². The molecule has 0 aliphatic carbocycles. The minimum atomic E-state index is -0.337. The average Bonchev–Trinajstić information content (AvgIpc) is 3.21. The second kappa shape index (κ2) is 7.31. The average molecular weight is 359 g/mol. The Morgan fingerprint density at radius 2 is 2.12 bits per heavy atom. The summed E-state index contributed by atoms with van der Waals surface area (Å²) >= 11 is 1.59. The van der Waals surface area contributed by atoms with E-state index in [2.05, 4.69) is 5.16 Å². The van der Waals surface area contributed by atoms with Crippen LogP contribution >= 0.6 is 11.8 Å². The van der Waals surface area contributed by atoms with Crippen LogP contribution in [-0.2, 0) is 10.5 Å². The Morgan fingerprint density at radius 1 is 1.36 bits per heavy atom. The molecule has 0 bridgehead atoms. The lowest BCUT2D eigenvalue weighted by Gasteiger charge is -2.18. The summed E-state index contributed by atoms with van der Waals surface area (Å²) in [6, 6.07) is 7.55. The number of aryl methyl sites for hydroxylation is 2. The van der Waals surface area contributed by atoms with Gasteiger partial charge in [-0.1, -0.05) is 17.3 Å². The largest absolute Gasteiger partial charge is 0.369 e. The minimum absolute atomic E-state index is 0.0504. The summed E-state index contributed by atoms with van der Waals surface area (Å²) < 4.78 is 5.19. The second-order valence-corrected chi connectivity index (χ2v) is 7.24. The molecule has 2 heterocycles. The molecule has 7 heteroatoms. The van der Waals surface area contributed by atoms with Crippen LogP contribution in [-0.4, -0.2) is 35.0 Å². The SMILES string of the molecule is Cc1noc(C)c1CSc1ccccc1C(=O)N1CC[C@@H](C(N)=O)C1. The van der Waals surface area contributed by atoms with Crippen LogP contribution in [0.5, 0.6) is 0 Å². The van der Waals surface area contributed by atoms with Crippen molar-refractivity contribution in [2.24, 2.45) is 11.7 Å². The van der Waals surface area contributed by atoms with E-state index < -0.39 is 0 Å². The van der Waals surface area contributed by atoms with Crippen molar-refractivity contribution in [3.63, 3.8) is 0 Å². The fourth-order valence-electron chi connectivity index (χ4n) is 2.97. The molecule has 1 aromatic heterocycles. The molecule has 2 aromatic rings. The van der Waals surface area contributed by atoms with Gasteiger partial charge in [-0.3, -0.25) is 9.59 Å². The topological polar surface area (TPSA) is 89.4 Å². The predicted molar refractivity (Wildman–Crippen MR) is 95.2 cm³/mol. The molecule has 1 fully saturated rings. The van der Waals surface area contributed by atoms with Gasteiger partial charge in [0.2, 0.25) is 5.91 Å². The highest BCUT2D eigenvalue weighted by Crippen LogP contribution is 2.30. The van der Waals surface area contributed by atoms with E-state index in [0.717, 1.165) is 21.9 Å². The molecule has 1 aromatic carbocycles. The highest BCUT2D eigenvalue weighted by molar-refractivity contribution is 7.98. The van der Waals surface area contributed by atoms with Crippen LogP contribution in [0.1, 0.15) is 33.8 Å². The molecular weight excluding hydrogens is 338 g/mol. The monoisotopic (exact) mass is 359 g/mol. The van der Waals surface area contributed by atoms with Gasteiger partial charge < -0.3 is 15.2 Å². The summed E-state index contributed by atoms with van der Waals surface area (Å²) in [5, 5.41) is 3.97. The molecule has 6 nitrogen and oxygen atoms in total. The molecule has 0 radical (unpaired) electrons. The number of nitrogens with two attached hydrogens (primary N) is 1. The van der Waals surface area contributed by atoms with Gasteiger partial charge >= 0.3 is 0 Å². The Hall–Kier alpha value is -2.28. The van der Waals surface area contributed by atoms with Crippen molar-refractivity contribution in [2.75, 3.05) is 13.1 Å². The van der Waals surface area contributed by atoms with Gasteiger partial charge in [0.15, 0.2) is 0 Å². The second-order valence-electron chi connectivity index (χ2n) is 6.23. The Labute approximate surface area is 150 Å². The van der Waals surface area contributed by atoms with Crippen molar-refractivity contribution in [1.82, 2.24) is 10.1 Å². The Balaban J connectivity index is 1.75. The van der Waals surface area contributed by atoms with E-state index >= 15 is 0 Å². The van der Waals surface area contributed by atoms with Crippen LogP contribution in [0.15, 0.2) is 33.7 Å². The number of likely N-dealkylation sites (tertiary alicyclic amines) is 1. The molecular formula is C18H21N3O3S. The zero-order valence-corrected chi connectivity index (χ0v) is 15.1. The summed E-state index contributed by atoms with van der Waals surface area (Å²) in [5.74, 6) is 0.862. The van der Waals surface area contributed by atoms with Gasteiger partial charge in [-0.2, -0.15) is 0 Å². The number of carbonyl (C=O) groups is 2. The quantitative estimate of drug-likeness (QED) is 0.829. The molecule has 2 N–H and O–H groups in total. The normalized spacial score (nSPS) is 17.0. The highest BCUT2D eigenvalue weighted by Gasteiger charge is 2.31. The molecule has 1 aliphatic rings. The van der Waals surface area contributed by atoms with Gasteiger partial charge in [0.1, 0.15) is 5.76 Å². The lowest BCUT2D eigenvalue weighted by molar-refractivity contribution is -0.121. The van der Waals surface area contributed by atoms with Crippen LogP contribution in [0.2, 0.25) is 0 Å². The number of aromatic nitrogens is 1. The van der Waals surface area contributed by atoms with Crippen molar-refractivity contribution < 1.29 is 14.1 Å². The van der Waals surface area contributed by atoms with Crippen molar-refractivity contribution in [3.8, 4) is 0 Å². The molecule has 1 atom stereocenters. The van der Waals surface area contributed by atoms with Gasteiger partial charge in [0.05, 0.1) is 17.2 Å². The number of thioether (sulfide) groups is 1. The van der Waals surface area contributed by atoms with Crippen LogP contribution in [0.4, 0.5) is 0 Å². The van der Waals surface area contributed by atoms with E-state index in [9.17, 15) is 9.59 Å². The number of rotatable bonds is 5. The van der Waals surface area contributed by atoms with Crippen molar-refractivity contribution >= 4 is 23.6 Å². The smallest absolute Gasteiger partial charge is 0.255 e. The van der Waals surface area contributed by atoms with Crippen molar-refractivity contribution in [2.45, 2.75) is 30.9 Å². The van der Waals surface area contributed by atoms with E-state index in [1.807, 2.05) is 38.1 Å². The molecule has 0 spiro atoms. The third kappa shape index (κ3) is 3.71. The molecule has 2 amide bonds. The zero-order valence-electron chi connectivity index (χ0n) is 14.3. The van der Waals surface area contributed by atoms with Crippen LogP contribution in [0.25, 0.3) is 0 Å². The summed E-state index contributed by atoms with van der Waals surface area (Å²) in [6.45, 7) is 4.77. The Morgan fingerprint density at radius 3 is 2.76 bits per heavy atom. The highest BCUT2D eigenvalue weighted by atomic mass is 32.2. The summed E-state index contributed by atoms with van der Waals surface area (Å²) in [5.41, 5.74) is 7.95. The molecule has 0 unspecified atom stereocenters. The molecule has 132 valence electrons. The van der Waals surface area contributed by atoms with E-state index in [1.165, 1.54) is 0 Å². The van der Waals surface area contributed by atoms with Gasteiger partial charge in [-0.15, -0.1) is 11.8 Å². The number of hydrogen-bond donors (Lipinski definition) is 1. The van der Waals surface area contributed by atoms with Crippen molar-refractivity contribution in [3.05, 3.63) is 46.8 Å². The maximum absolute atomic E-state index is 12.9. The van der Waals surface area contributed by atoms with Gasteiger partial charge in [-0.25, -0.2) is 0 Å². The third-order valence-corrected chi connectivity index (χ3v) is 5.65. The summed E-state index contributed by atoms with van der Waals surface area (Å²) in [4.78, 5) is 26.8. The fourth-order valence-corrected chi connectivity index (χ4v) is 4.17. The summed E-state index contributed by atoms with van der Waals surface area (Å²) in [6.07, 6.45) is 0.634. The number of benzene rings is 1. The van der Waals surface area contributed by atoms with Crippen molar-refractivity contribution in [1.29, 1.82) is 0 Å². The molecule has 0 saturated carbocycles. The number of hydrogen-bond acceptors (Lipinski definition) is 5. The molecule has 1 saturated heterocycles. The lowest BCUT2D eigenvalue weighted by Crippen LogP contribution is -2.32. The first-order chi connectivity index (χ1) is 12.0. The first-order valence-corrected chi connectivity index (χ1v) is 9.18. The Kier molecular flexibility index (Phi) is 5.13. The van der Waals surface area contributed by atoms with E-state index in [4.69, 9.17) is 10.3 Å². The third-order valence-electron chi connectivity index (χ3n) is 4.55. The number of amides is 2. The van der Waals surface area contributed by atoms with E-state index in [1.54, 1.807) is 16.7 Å². The standard InChI is InChI=1S/C18H21N3O3S/c1-11-15(12(2)24-20-11)10-25-16-6-4-3-5-14(16)18(23)21-8-7-13(9-21)17(19)22/h3-6,13H,7-10H2,1-2H3,(H2,19,22)/t13-/m1/s1. The summed E-state index contributed by atoms with van der Waals surface area (Å²) in [7, 11) is 0.